The molecule has 4 aromatic rings. The van der Waals surface area contributed by atoms with Gasteiger partial charge in [-0.1, -0.05) is 30.3 Å². The second-order valence-electron chi connectivity index (χ2n) is 8.13. The molecule has 0 atom stereocenters. The molecule has 0 aliphatic carbocycles. The Bertz CT molecular complexity index is 1280. The van der Waals surface area contributed by atoms with Gasteiger partial charge in [0.25, 0.3) is 5.91 Å². The molecule has 2 N–H and O–H groups in total. The lowest BCUT2D eigenvalue weighted by atomic mass is 10.0. The van der Waals surface area contributed by atoms with E-state index >= 15 is 0 Å². The molecule has 3 aromatic heterocycles. The van der Waals surface area contributed by atoms with Gasteiger partial charge in [0.2, 0.25) is 0 Å². The number of carbonyl (C=O) groups excluding carboxylic acids is 1. The minimum Gasteiger partial charge on any atom is -0.495 e. The summed E-state index contributed by atoms with van der Waals surface area (Å²) in [5.41, 5.74) is 3.56. The Kier molecular flexibility index (Phi) is 4.39. The van der Waals surface area contributed by atoms with Crippen molar-refractivity contribution in [3.05, 3.63) is 72.1 Å². The van der Waals surface area contributed by atoms with Gasteiger partial charge in [0, 0.05) is 23.7 Å². The lowest BCUT2D eigenvalue weighted by molar-refractivity contribution is 0.0895. The first kappa shape index (κ1) is 19.1. The van der Waals surface area contributed by atoms with Crippen molar-refractivity contribution in [3.8, 4) is 17.0 Å². The number of pyridine rings is 2. The molecule has 5 rings (SSSR count). The number of hydrogen-bond acceptors (Lipinski definition) is 5. The van der Waals surface area contributed by atoms with E-state index in [2.05, 4.69) is 32.3 Å². The average molecular weight is 413 g/mol. The van der Waals surface area contributed by atoms with Crippen molar-refractivity contribution >= 4 is 22.8 Å². The molecule has 0 bridgehead atoms. The number of methoxy groups -OCH3 is 1. The van der Waals surface area contributed by atoms with Gasteiger partial charge in [0.05, 0.1) is 24.6 Å². The Morgan fingerprint density at radius 2 is 1.90 bits per heavy atom. The third kappa shape index (κ3) is 3.28. The van der Waals surface area contributed by atoms with Gasteiger partial charge in [-0.3, -0.25) is 4.79 Å². The molecule has 156 valence electrons. The predicted molar refractivity (Wildman–Crippen MR) is 120 cm³/mol. The summed E-state index contributed by atoms with van der Waals surface area (Å²) in [5, 5.41) is 4.01. The molecule has 1 aromatic carbocycles. The number of fused-ring (bicyclic) bond motifs is 2. The average Bonchev–Trinajstić information content (AvgIpc) is 3.20. The van der Waals surface area contributed by atoms with Crippen LogP contribution in [0.15, 0.2) is 60.9 Å². The van der Waals surface area contributed by atoms with Crippen LogP contribution in [0.3, 0.4) is 0 Å². The largest absolute Gasteiger partial charge is 0.495 e. The molecule has 0 radical (unpaired) electrons. The number of rotatable bonds is 4. The fourth-order valence-corrected chi connectivity index (χ4v) is 4.01. The molecule has 1 amide bonds. The molecule has 31 heavy (non-hydrogen) atoms. The van der Waals surface area contributed by atoms with Crippen molar-refractivity contribution in [3.63, 3.8) is 0 Å². The lowest BCUT2D eigenvalue weighted by Gasteiger charge is -2.44. The van der Waals surface area contributed by atoms with Crippen LogP contribution in [0.25, 0.3) is 22.3 Å². The number of nitrogens with zero attached hydrogens (tertiary/aromatic N) is 3. The quantitative estimate of drug-likeness (QED) is 0.526. The van der Waals surface area contributed by atoms with Crippen LogP contribution >= 0.6 is 0 Å². The summed E-state index contributed by atoms with van der Waals surface area (Å²) in [5.74, 6) is 1.23. The maximum absolute atomic E-state index is 12.8. The first-order valence-electron chi connectivity index (χ1n) is 10.1. The highest BCUT2D eigenvalue weighted by molar-refractivity contribution is 6.02. The molecule has 0 saturated heterocycles. The maximum Gasteiger partial charge on any atom is 0.256 e. The van der Waals surface area contributed by atoms with E-state index in [9.17, 15) is 4.79 Å². The number of anilines is 1. The maximum atomic E-state index is 12.8. The van der Waals surface area contributed by atoms with E-state index in [0.29, 0.717) is 23.7 Å². The van der Waals surface area contributed by atoms with Crippen LogP contribution in [-0.4, -0.2) is 33.6 Å². The Labute approximate surface area is 180 Å². The molecule has 1 aliphatic rings. The van der Waals surface area contributed by atoms with E-state index in [4.69, 9.17) is 9.72 Å². The Morgan fingerprint density at radius 1 is 1.10 bits per heavy atom. The minimum absolute atomic E-state index is 0.120. The van der Waals surface area contributed by atoms with Crippen LogP contribution < -0.4 is 15.0 Å². The zero-order valence-corrected chi connectivity index (χ0v) is 17.6. The molecule has 0 saturated carbocycles. The van der Waals surface area contributed by atoms with Gasteiger partial charge in [-0.2, -0.15) is 0 Å². The summed E-state index contributed by atoms with van der Waals surface area (Å²) in [6.45, 7) is 4.61. The summed E-state index contributed by atoms with van der Waals surface area (Å²) in [6.07, 6.45) is 3.57. The van der Waals surface area contributed by atoms with Crippen LogP contribution in [0.5, 0.6) is 5.75 Å². The van der Waals surface area contributed by atoms with E-state index in [-0.39, 0.29) is 5.91 Å². The number of nitrogens with one attached hydrogen (secondary N) is 2. The molecular weight excluding hydrogens is 390 g/mol. The van der Waals surface area contributed by atoms with Crippen LogP contribution in [0.2, 0.25) is 0 Å². The van der Waals surface area contributed by atoms with Crippen LogP contribution in [0.4, 0.5) is 5.82 Å². The highest BCUT2D eigenvalue weighted by atomic mass is 16.5. The SMILES string of the molecule is COc1cnc2[nH]cc(-c3ccc4c(n3)N(Cc3ccccc3)C(C)(C)NC4=O)c2c1. The zero-order chi connectivity index (χ0) is 21.6. The highest BCUT2D eigenvalue weighted by Gasteiger charge is 2.38. The van der Waals surface area contributed by atoms with E-state index in [1.807, 2.05) is 56.4 Å². The predicted octanol–water partition coefficient (Wildman–Crippen LogP) is 4.12. The van der Waals surface area contributed by atoms with E-state index in [1.165, 1.54) is 0 Å². The van der Waals surface area contributed by atoms with Crippen molar-refractivity contribution in [2.45, 2.75) is 26.1 Å². The minimum atomic E-state index is -0.587. The van der Waals surface area contributed by atoms with Crippen molar-refractivity contribution in [2.75, 3.05) is 12.0 Å². The Morgan fingerprint density at radius 3 is 2.68 bits per heavy atom. The number of H-pyrrole nitrogens is 1. The molecule has 4 heterocycles. The number of ether oxygens (including phenoxy) is 1. The van der Waals surface area contributed by atoms with Crippen molar-refractivity contribution in [2.24, 2.45) is 0 Å². The Hall–Kier alpha value is -3.87. The zero-order valence-electron chi connectivity index (χ0n) is 17.6. The van der Waals surface area contributed by atoms with E-state index in [1.54, 1.807) is 13.3 Å². The van der Waals surface area contributed by atoms with Crippen LogP contribution in [-0.2, 0) is 6.54 Å². The second-order valence-corrected chi connectivity index (χ2v) is 8.13. The van der Waals surface area contributed by atoms with E-state index < -0.39 is 5.66 Å². The van der Waals surface area contributed by atoms with Gasteiger partial charge in [-0.15, -0.1) is 0 Å². The smallest absolute Gasteiger partial charge is 0.256 e. The van der Waals surface area contributed by atoms with Crippen molar-refractivity contribution in [1.82, 2.24) is 20.3 Å². The van der Waals surface area contributed by atoms with Crippen molar-refractivity contribution in [1.29, 1.82) is 0 Å². The standard InChI is InChI=1S/C24H23N5O2/c1-24(2)28-23(30)17-9-10-20(19-13-26-21-18(19)11-16(31-3)12-25-21)27-22(17)29(24)14-15-7-5-4-6-8-15/h4-13H,14H2,1-3H3,(H,25,26)(H,28,30). The van der Waals surface area contributed by atoms with Gasteiger partial charge >= 0.3 is 0 Å². The molecule has 0 spiro atoms. The molecule has 1 aliphatic heterocycles. The fourth-order valence-electron chi connectivity index (χ4n) is 4.01. The number of aromatic nitrogens is 3. The second kappa shape index (κ2) is 7.12. The van der Waals surface area contributed by atoms with Gasteiger partial charge < -0.3 is 19.9 Å². The van der Waals surface area contributed by atoms with Crippen molar-refractivity contribution < 1.29 is 9.53 Å². The summed E-state index contributed by atoms with van der Waals surface area (Å²) in [7, 11) is 1.62. The molecule has 7 nitrogen and oxygen atoms in total. The summed E-state index contributed by atoms with van der Waals surface area (Å²) in [6, 6.07) is 15.8. The molecular formula is C24H23N5O2. The van der Waals surface area contributed by atoms with E-state index in [0.717, 1.165) is 27.9 Å². The highest BCUT2D eigenvalue weighted by Crippen LogP contribution is 2.35. The fraction of sp³-hybridized carbons (Fsp3) is 0.208. The summed E-state index contributed by atoms with van der Waals surface area (Å²) >= 11 is 0. The monoisotopic (exact) mass is 413 g/mol. The lowest BCUT2D eigenvalue weighted by Crippen LogP contribution is -2.60. The molecule has 0 unspecified atom stereocenters. The van der Waals surface area contributed by atoms with Crippen LogP contribution in [0, 0.1) is 0 Å². The number of amides is 1. The Balaban J connectivity index is 1.64. The summed E-state index contributed by atoms with van der Waals surface area (Å²) in [4.78, 5) is 27.5. The third-order valence-electron chi connectivity index (χ3n) is 5.67. The third-order valence-corrected chi connectivity index (χ3v) is 5.67. The summed E-state index contributed by atoms with van der Waals surface area (Å²) < 4.78 is 5.34. The number of aromatic amines is 1. The normalized spacial score (nSPS) is 14.9. The first-order chi connectivity index (χ1) is 15.0. The van der Waals surface area contributed by atoms with Gasteiger partial charge in [-0.25, -0.2) is 9.97 Å². The first-order valence-corrected chi connectivity index (χ1v) is 10.1. The van der Waals surface area contributed by atoms with Gasteiger partial charge in [0.1, 0.15) is 22.9 Å². The van der Waals surface area contributed by atoms with Gasteiger partial charge in [0.15, 0.2) is 0 Å². The van der Waals surface area contributed by atoms with Crippen LogP contribution in [0.1, 0.15) is 29.8 Å². The number of hydrogen-bond donors (Lipinski definition) is 2. The van der Waals surface area contributed by atoms with Gasteiger partial charge in [-0.05, 0) is 37.6 Å². The number of carbonyl (C=O) groups is 1. The number of benzene rings is 1. The molecule has 7 heteroatoms. The molecule has 0 fully saturated rings. The topological polar surface area (TPSA) is 83.1 Å².